The number of aliphatic hydroxyl groups is 1. The van der Waals surface area contributed by atoms with Crippen LogP contribution in [0.4, 0.5) is 10.1 Å². The van der Waals surface area contributed by atoms with Gasteiger partial charge in [0.05, 0.1) is 12.2 Å². The van der Waals surface area contributed by atoms with Crippen LogP contribution in [0, 0.1) is 12.7 Å². The summed E-state index contributed by atoms with van der Waals surface area (Å²) < 4.78 is 13.8. The second kappa shape index (κ2) is 6.07. The summed E-state index contributed by atoms with van der Waals surface area (Å²) in [6, 6.07) is 20.5. The number of rotatable bonds is 3. The normalized spacial score (nSPS) is 18.9. The molecule has 0 aromatic heterocycles. The number of carbonyl (C=O) groups is 1. The Bertz CT molecular complexity index is 1000. The zero-order valence-corrected chi connectivity index (χ0v) is 14.3. The van der Waals surface area contributed by atoms with Crippen LogP contribution in [-0.2, 0) is 16.9 Å². The van der Waals surface area contributed by atoms with E-state index in [4.69, 9.17) is 0 Å². The minimum absolute atomic E-state index is 0.238. The highest BCUT2D eigenvalue weighted by atomic mass is 19.1. The van der Waals surface area contributed by atoms with Crippen molar-refractivity contribution in [2.24, 2.45) is 0 Å². The van der Waals surface area contributed by atoms with Crippen LogP contribution >= 0.6 is 0 Å². The Balaban J connectivity index is 1.84. The van der Waals surface area contributed by atoms with Gasteiger partial charge in [0.2, 0.25) is 0 Å². The molecule has 26 heavy (non-hydrogen) atoms. The lowest BCUT2D eigenvalue weighted by molar-refractivity contribution is -0.132. The fourth-order valence-electron chi connectivity index (χ4n) is 3.54. The molecule has 0 saturated heterocycles. The van der Waals surface area contributed by atoms with Crippen LogP contribution in [0.2, 0.25) is 0 Å². The Morgan fingerprint density at radius 3 is 2.50 bits per heavy atom. The van der Waals surface area contributed by atoms with Crippen LogP contribution in [-0.4, -0.2) is 11.0 Å². The molecule has 3 aromatic rings. The van der Waals surface area contributed by atoms with Gasteiger partial charge in [-0.2, -0.15) is 0 Å². The lowest BCUT2D eigenvalue weighted by Gasteiger charge is -2.24. The van der Waals surface area contributed by atoms with Crippen molar-refractivity contribution < 1.29 is 14.3 Å². The molecule has 3 nitrogen and oxygen atoms in total. The van der Waals surface area contributed by atoms with Gasteiger partial charge in [0.1, 0.15) is 5.82 Å². The molecule has 4 heteroatoms. The molecule has 0 aliphatic carbocycles. The Labute approximate surface area is 151 Å². The highest BCUT2D eigenvalue weighted by Gasteiger charge is 2.51. The zero-order valence-electron chi connectivity index (χ0n) is 14.3. The number of halogens is 1. The smallest absolute Gasteiger partial charge is 0.268 e. The molecule has 0 saturated carbocycles. The maximum absolute atomic E-state index is 13.8. The van der Waals surface area contributed by atoms with E-state index in [1.165, 1.54) is 18.2 Å². The summed E-state index contributed by atoms with van der Waals surface area (Å²) in [5.41, 5.74) is 1.54. The topological polar surface area (TPSA) is 40.5 Å². The molecule has 0 radical (unpaired) electrons. The summed E-state index contributed by atoms with van der Waals surface area (Å²) >= 11 is 0. The van der Waals surface area contributed by atoms with E-state index < -0.39 is 17.3 Å². The lowest BCUT2D eigenvalue weighted by Crippen LogP contribution is -2.41. The lowest BCUT2D eigenvalue weighted by atomic mass is 9.87. The van der Waals surface area contributed by atoms with E-state index in [-0.39, 0.29) is 5.56 Å². The second-order valence-electron chi connectivity index (χ2n) is 6.56. The third-order valence-corrected chi connectivity index (χ3v) is 4.97. The maximum Gasteiger partial charge on any atom is 0.268 e. The van der Waals surface area contributed by atoms with Crippen LogP contribution in [0.15, 0.2) is 72.8 Å². The van der Waals surface area contributed by atoms with Crippen molar-refractivity contribution in [1.82, 2.24) is 0 Å². The zero-order chi connectivity index (χ0) is 18.3. The predicted octanol–water partition coefficient (Wildman–Crippen LogP) is 3.92. The van der Waals surface area contributed by atoms with Gasteiger partial charge in [-0.15, -0.1) is 0 Å². The van der Waals surface area contributed by atoms with E-state index in [0.717, 1.165) is 11.1 Å². The van der Waals surface area contributed by atoms with Gasteiger partial charge in [-0.05, 0) is 36.2 Å². The quantitative estimate of drug-likeness (QED) is 0.780. The van der Waals surface area contributed by atoms with Crippen molar-refractivity contribution in [1.29, 1.82) is 0 Å². The molecule has 4 rings (SSSR count). The van der Waals surface area contributed by atoms with Crippen molar-refractivity contribution in [3.05, 3.63) is 101 Å². The fourth-order valence-corrected chi connectivity index (χ4v) is 3.54. The van der Waals surface area contributed by atoms with E-state index in [0.29, 0.717) is 17.8 Å². The molecule has 1 heterocycles. The van der Waals surface area contributed by atoms with Crippen LogP contribution < -0.4 is 4.90 Å². The van der Waals surface area contributed by atoms with Gasteiger partial charge in [0.15, 0.2) is 5.60 Å². The predicted molar refractivity (Wildman–Crippen MR) is 98.2 cm³/mol. The highest BCUT2D eigenvalue weighted by Crippen LogP contribution is 2.45. The number of benzene rings is 3. The van der Waals surface area contributed by atoms with Gasteiger partial charge in [-0.3, -0.25) is 4.79 Å². The van der Waals surface area contributed by atoms with Gasteiger partial charge >= 0.3 is 0 Å². The van der Waals surface area contributed by atoms with Crippen molar-refractivity contribution in [2.75, 3.05) is 4.90 Å². The summed E-state index contributed by atoms with van der Waals surface area (Å²) in [4.78, 5) is 14.8. The molecule has 130 valence electrons. The second-order valence-corrected chi connectivity index (χ2v) is 6.56. The van der Waals surface area contributed by atoms with Crippen molar-refractivity contribution in [2.45, 2.75) is 19.1 Å². The average molecular weight is 347 g/mol. The molecule has 1 aliphatic rings. The minimum atomic E-state index is -1.89. The molecule has 0 fully saturated rings. The first kappa shape index (κ1) is 16.5. The summed E-state index contributed by atoms with van der Waals surface area (Å²) in [5, 5.41) is 11.4. The van der Waals surface area contributed by atoms with Gasteiger partial charge in [0, 0.05) is 11.1 Å². The van der Waals surface area contributed by atoms with Crippen LogP contribution in [0.1, 0.15) is 22.3 Å². The third kappa shape index (κ3) is 2.42. The number of fused-ring (bicyclic) bond motifs is 1. The number of aryl methyl sites for hydroxylation is 1. The first-order valence-corrected chi connectivity index (χ1v) is 8.46. The number of nitrogens with zero attached hydrogens (tertiary/aromatic N) is 1. The van der Waals surface area contributed by atoms with Crippen LogP contribution in [0.3, 0.4) is 0 Å². The van der Waals surface area contributed by atoms with Gasteiger partial charge in [0.25, 0.3) is 5.91 Å². The number of anilines is 1. The van der Waals surface area contributed by atoms with E-state index in [2.05, 4.69) is 0 Å². The van der Waals surface area contributed by atoms with Gasteiger partial charge in [-0.1, -0.05) is 54.6 Å². The van der Waals surface area contributed by atoms with Crippen molar-refractivity contribution >= 4 is 11.6 Å². The van der Waals surface area contributed by atoms with Crippen molar-refractivity contribution in [3.63, 3.8) is 0 Å². The number of hydrogen-bond acceptors (Lipinski definition) is 2. The third-order valence-electron chi connectivity index (χ3n) is 4.97. The number of hydrogen-bond donors (Lipinski definition) is 1. The Morgan fingerprint density at radius 1 is 1.00 bits per heavy atom. The highest BCUT2D eigenvalue weighted by molar-refractivity contribution is 6.09. The molecule has 1 aliphatic heterocycles. The fraction of sp³-hybridized carbons (Fsp3) is 0.136. The summed E-state index contributed by atoms with van der Waals surface area (Å²) in [7, 11) is 0. The summed E-state index contributed by atoms with van der Waals surface area (Å²) in [6.45, 7) is 2.33. The van der Waals surface area contributed by atoms with E-state index in [9.17, 15) is 14.3 Å². The first-order valence-electron chi connectivity index (χ1n) is 8.46. The Kier molecular flexibility index (Phi) is 3.85. The monoisotopic (exact) mass is 347 g/mol. The molecule has 0 bridgehead atoms. The standard InChI is InChI=1S/C22H18FNO2/c1-15-7-2-3-8-16(15)14-24-20-12-5-4-11-19(20)22(26,21(24)25)17-9-6-10-18(23)13-17/h2-13,26H,14H2,1H3/t22-/m0/s1. The molecule has 1 N–H and O–H groups in total. The number of carbonyl (C=O) groups excluding carboxylic acids is 1. The molecule has 0 spiro atoms. The molecule has 1 amide bonds. The largest absolute Gasteiger partial charge is 0.372 e. The summed E-state index contributed by atoms with van der Waals surface area (Å²) in [5.74, 6) is -0.953. The summed E-state index contributed by atoms with van der Waals surface area (Å²) in [6.07, 6.45) is 0. The molecule has 3 aromatic carbocycles. The van der Waals surface area contributed by atoms with E-state index in [1.807, 2.05) is 43.3 Å². The first-order chi connectivity index (χ1) is 12.5. The maximum atomic E-state index is 13.8. The molecular weight excluding hydrogens is 329 g/mol. The molecule has 0 unspecified atom stereocenters. The average Bonchev–Trinajstić information content (AvgIpc) is 2.87. The van der Waals surface area contributed by atoms with E-state index in [1.54, 1.807) is 23.1 Å². The number of para-hydroxylation sites is 1. The van der Waals surface area contributed by atoms with Crippen molar-refractivity contribution in [3.8, 4) is 0 Å². The molecular formula is C22H18FNO2. The Morgan fingerprint density at radius 2 is 1.73 bits per heavy atom. The number of amides is 1. The minimum Gasteiger partial charge on any atom is -0.372 e. The molecule has 1 atom stereocenters. The SMILES string of the molecule is Cc1ccccc1CN1C(=O)[C@](O)(c2cccc(F)c2)c2ccccc21. The van der Waals surface area contributed by atoms with Crippen LogP contribution in [0.5, 0.6) is 0 Å². The van der Waals surface area contributed by atoms with Gasteiger partial charge < -0.3 is 10.0 Å². The van der Waals surface area contributed by atoms with E-state index >= 15 is 0 Å². The van der Waals surface area contributed by atoms with Gasteiger partial charge in [-0.25, -0.2) is 4.39 Å². The Hall–Kier alpha value is -2.98. The van der Waals surface area contributed by atoms with Crippen LogP contribution in [0.25, 0.3) is 0 Å².